The molecule has 1 aromatic carbocycles. The van der Waals surface area contributed by atoms with Gasteiger partial charge >= 0.3 is 0 Å². The summed E-state index contributed by atoms with van der Waals surface area (Å²) >= 11 is 0. The highest BCUT2D eigenvalue weighted by molar-refractivity contribution is 5.54. The molecule has 2 aromatic heterocycles. The van der Waals surface area contributed by atoms with Gasteiger partial charge in [0.1, 0.15) is 5.82 Å². The van der Waals surface area contributed by atoms with E-state index in [1.807, 2.05) is 31.2 Å². The normalized spacial score (nSPS) is 17.2. The molecule has 3 heterocycles. The van der Waals surface area contributed by atoms with Crippen molar-refractivity contribution in [3.63, 3.8) is 0 Å². The van der Waals surface area contributed by atoms with Crippen molar-refractivity contribution < 1.29 is 4.52 Å². The van der Waals surface area contributed by atoms with Crippen molar-refractivity contribution in [1.29, 1.82) is 0 Å². The predicted molar refractivity (Wildman–Crippen MR) is 119 cm³/mol. The first-order chi connectivity index (χ1) is 14.9. The van der Waals surface area contributed by atoms with Gasteiger partial charge in [-0.05, 0) is 49.9 Å². The molecule has 1 aliphatic heterocycles. The minimum atomic E-state index is 0.212. The number of piperidine rings is 1. The highest BCUT2D eigenvalue weighted by atomic mass is 16.5. The van der Waals surface area contributed by atoms with Crippen LogP contribution in [0.15, 0.2) is 28.8 Å². The highest BCUT2D eigenvalue weighted by Crippen LogP contribution is 2.27. The third-order valence-corrected chi connectivity index (χ3v) is 5.27. The number of nitrogen functional groups attached to an aromatic ring is 1. The number of nitrogens with zero attached hydrogens (tertiary/aromatic N) is 6. The zero-order valence-corrected chi connectivity index (χ0v) is 18.4. The summed E-state index contributed by atoms with van der Waals surface area (Å²) in [5, 5.41) is 7.37. The number of aromatic nitrogens is 5. The van der Waals surface area contributed by atoms with Crippen LogP contribution in [0.4, 0.5) is 17.6 Å². The molecule has 3 N–H and O–H groups in total. The van der Waals surface area contributed by atoms with Crippen LogP contribution in [0, 0.1) is 12.8 Å². The molecular formula is C22H30N8O. The summed E-state index contributed by atoms with van der Waals surface area (Å²) in [5.41, 5.74) is 8.03. The van der Waals surface area contributed by atoms with E-state index in [4.69, 9.17) is 10.3 Å². The summed E-state index contributed by atoms with van der Waals surface area (Å²) in [6.07, 6.45) is 2.93. The Kier molecular flexibility index (Phi) is 6.41. The highest BCUT2D eigenvalue weighted by Gasteiger charge is 2.27. The second-order valence-electron chi connectivity index (χ2n) is 8.65. The van der Waals surface area contributed by atoms with Gasteiger partial charge in [-0.25, -0.2) is 0 Å². The van der Waals surface area contributed by atoms with E-state index < -0.39 is 0 Å². The number of likely N-dealkylation sites (tertiary alicyclic amines) is 1. The minimum Gasteiger partial charge on any atom is -0.368 e. The third kappa shape index (κ3) is 5.75. The second-order valence-corrected chi connectivity index (χ2v) is 8.65. The number of rotatable bonds is 7. The van der Waals surface area contributed by atoms with Crippen LogP contribution in [0.1, 0.15) is 55.7 Å². The van der Waals surface area contributed by atoms with Crippen LogP contribution in [0.25, 0.3) is 0 Å². The molecule has 0 spiro atoms. The maximum atomic E-state index is 5.95. The summed E-state index contributed by atoms with van der Waals surface area (Å²) in [6, 6.07) is 8.04. The Morgan fingerprint density at radius 3 is 2.87 bits per heavy atom. The Hall–Kier alpha value is -3.07. The van der Waals surface area contributed by atoms with Gasteiger partial charge < -0.3 is 15.6 Å². The van der Waals surface area contributed by atoms with Gasteiger partial charge in [0.15, 0.2) is 5.82 Å². The molecule has 9 nitrogen and oxygen atoms in total. The van der Waals surface area contributed by atoms with Gasteiger partial charge in [-0.1, -0.05) is 31.1 Å². The number of nitrogens with two attached hydrogens (primary N) is 1. The zero-order valence-electron chi connectivity index (χ0n) is 18.4. The number of hydrogen-bond acceptors (Lipinski definition) is 9. The molecule has 1 aliphatic rings. The SMILES string of the molecule is Cc1cccc(Nc2nc(N)nc(CN3CCC[C@H](c4nc(CC(C)C)no4)C3)n2)c1. The predicted octanol–water partition coefficient (Wildman–Crippen LogP) is 3.47. The van der Waals surface area contributed by atoms with E-state index in [0.717, 1.165) is 55.3 Å². The lowest BCUT2D eigenvalue weighted by molar-refractivity contribution is 0.176. The molecule has 0 unspecified atom stereocenters. The number of nitrogens with one attached hydrogen (secondary N) is 1. The monoisotopic (exact) mass is 422 g/mol. The molecule has 0 amide bonds. The number of anilines is 3. The summed E-state index contributed by atoms with van der Waals surface area (Å²) in [7, 11) is 0. The number of hydrogen-bond donors (Lipinski definition) is 2. The lowest BCUT2D eigenvalue weighted by atomic mass is 9.98. The van der Waals surface area contributed by atoms with E-state index in [9.17, 15) is 0 Å². The largest absolute Gasteiger partial charge is 0.368 e. The van der Waals surface area contributed by atoms with Crippen LogP contribution in [0.2, 0.25) is 0 Å². The lowest BCUT2D eigenvalue weighted by Crippen LogP contribution is -2.34. The molecule has 31 heavy (non-hydrogen) atoms. The minimum absolute atomic E-state index is 0.212. The quantitative estimate of drug-likeness (QED) is 0.590. The van der Waals surface area contributed by atoms with E-state index in [2.05, 4.69) is 49.2 Å². The number of benzene rings is 1. The molecule has 164 valence electrons. The molecular weight excluding hydrogens is 392 g/mol. The topological polar surface area (TPSA) is 119 Å². The standard InChI is InChI=1S/C22H30N8O/c1-14(2)10-18-25-20(31-29-18)16-7-5-9-30(12-16)13-19-26-21(23)28-22(27-19)24-17-8-4-6-15(3)11-17/h4,6,8,11,14,16H,5,7,9-10,12-13H2,1-3H3,(H3,23,24,26,27,28)/t16-/m0/s1. The molecule has 0 bridgehead atoms. The molecule has 1 fully saturated rings. The average molecular weight is 423 g/mol. The fraction of sp³-hybridized carbons (Fsp3) is 0.500. The first kappa shape index (κ1) is 21.2. The van der Waals surface area contributed by atoms with Gasteiger partial charge in [-0.3, -0.25) is 4.90 Å². The molecule has 1 saturated heterocycles. The van der Waals surface area contributed by atoms with E-state index in [-0.39, 0.29) is 11.9 Å². The summed E-state index contributed by atoms with van der Waals surface area (Å²) < 4.78 is 5.56. The lowest BCUT2D eigenvalue weighted by Gasteiger charge is -2.30. The van der Waals surface area contributed by atoms with Crippen LogP contribution in [-0.4, -0.2) is 43.1 Å². The van der Waals surface area contributed by atoms with E-state index in [1.54, 1.807) is 0 Å². The fourth-order valence-electron chi connectivity index (χ4n) is 3.90. The van der Waals surface area contributed by atoms with E-state index in [1.165, 1.54) is 0 Å². The number of aryl methyl sites for hydroxylation is 1. The fourth-order valence-corrected chi connectivity index (χ4v) is 3.90. The Balaban J connectivity index is 1.42. The van der Waals surface area contributed by atoms with Crippen molar-refractivity contribution in [2.24, 2.45) is 5.92 Å². The Morgan fingerprint density at radius 1 is 1.19 bits per heavy atom. The molecule has 0 radical (unpaired) electrons. The Labute approximate surface area is 182 Å². The second kappa shape index (κ2) is 9.38. The maximum absolute atomic E-state index is 5.95. The van der Waals surface area contributed by atoms with Crippen molar-refractivity contribution in [3.8, 4) is 0 Å². The van der Waals surface area contributed by atoms with Crippen molar-refractivity contribution in [2.45, 2.75) is 52.5 Å². The first-order valence-electron chi connectivity index (χ1n) is 10.8. The van der Waals surface area contributed by atoms with Crippen LogP contribution in [0.5, 0.6) is 0 Å². The summed E-state index contributed by atoms with van der Waals surface area (Å²) in [5.74, 6) is 3.57. The zero-order chi connectivity index (χ0) is 21.8. The van der Waals surface area contributed by atoms with Crippen molar-refractivity contribution in [1.82, 2.24) is 30.0 Å². The van der Waals surface area contributed by atoms with Gasteiger partial charge in [0.2, 0.25) is 17.8 Å². The Morgan fingerprint density at radius 2 is 2.06 bits per heavy atom. The van der Waals surface area contributed by atoms with Gasteiger partial charge in [0.25, 0.3) is 0 Å². The third-order valence-electron chi connectivity index (χ3n) is 5.27. The average Bonchev–Trinajstić information content (AvgIpc) is 3.15. The van der Waals surface area contributed by atoms with Crippen LogP contribution >= 0.6 is 0 Å². The van der Waals surface area contributed by atoms with Crippen molar-refractivity contribution >= 4 is 17.6 Å². The van der Waals surface area contributed by atoms with Crippen LogP contribution in [0.3, 0.4) is 0 Å². The molecule has 0 aliphatic carbocycles. The van der Waals surface area contributed by atoms with Gasteiger partial charge in [0, 0.05) is 18.7 Å². The summed E-state index contributed by atoms with van der Waals surface area (Å²) in [4.78, 5) is 20.1. The van der Waals surface area contributed by atoms with Crippen molar-refractivity contribution in [3.05, 3.63) is 47.4 Å². The van der Waals surface area contributed by atoms with Crippen molar-refractivity contribution in [2.75, 3.05) is 24.1 Å². The molecule has 0 saturated carbocycles. The van der Waals surface area contributed by atoms with E-state index in [0.29, 0.717) is 24.2 Å². The van der Waals surface area contributed by atoms with Gasteiger partial charge in [0.05, 0.1) is 12.5 Å². The molecule has 3 aromatic rings. The first-order valence-corrected chi connectivity index (χ1v) is 10.8. The Bertz CT molecular complexity index is 1020. The van der Waals surface area contributed by atoms with Gasteiger partial charge in [-0.2, -0.15) is 19.9 Å². The molecule has 1 atom stereocenters. The van der Waals surface area contributed by atoms with Crippen LogP contribution in [-0.2, 0) is 13.0 Å². The molecule has 4 rings (SSSR count). The maximum Gasteiger partial charge on any atom is 0.232 e. The van der Waals surface area contributed by atoms with Gasteiger partial charge in [-0.15, -0.1) is 0 Å². The smallest absolute Gasteiger partial charge is 0.232 e. The van der Waals surface area contributed by atoms with E-state index >= 15 is 0 Å². The summed E-state index contributed by atoms with van der Waals surface area (Å²) in [6.45, 7) is 8.74. The van der Waals surface area contributed by atoms with Crippen LogP contribution < -0.4 is 11.1 Å². The molecule has 9 heteroatoms.